The normalized spacial score (nSPS) is 13.8. The predicted molar refractivity (Wildman–Crippen MR) is 102 cm³/mol. The molecule has 2 aromatic carbocycles. The molecule has 0 atom stereocenters. The van der Waals surface area contributed by atoms with Gasteiger partial charge in [0, 0.05) is 17.9 Å². The van der Waals surface area contributed by atoms with Crippen LogP contribution in [0.2, 0.25) is 0 Å². The summed E-state index contributed by atoms with van der Waals surface area (Å²) < 4.78 is 46.0. The highest BCUT2D eigenvalue weighted by atomic mass is 32.2. The van der Waals surface area contributed by atoms with Crippen LogP contribution in [0.5, 0.6) is 0 Å². The minimum absolute atomic E-state index is 0.153. The summed E-state index contributed by atoms with van der Waals surface area (Å²) in [7, 11) is -3.91. The lowest BCUT2D eigenvalue weighted by molar-refractivity contribution is 0.0958. The molecule has 0 saturated carbocycles. The maximum atomic E-state index is 13.4. The summed E-state index contributed by atoms with van der Waals surface area (Å²) in [6.45, 7) is 0.556. The van der Waals surface area contributed by atoms with Crippen molar-refractivity contribution in [3.8, 4) is 0 Å². The van der Waals surface area contributed by atoms with Crippen molar-refractivity contribution < 1.29 is 22.0 Å². The van der Waals surface area contributed by atoms with Crippen LogP contribution in [0.15, 0.2) is 70.2 Å². The van der Waals surface area contributed by atoms with Crippen molar-refractivity contribution in [2.75, 3.05) is 16.2 Å². The van der Waals surface area contributed by atoms with Gasteiger partial charge >= 0.3 is 0 Å². The molecule has 0 spiro atoms. The largest absolute Gasteiger partial charge is 0.459 e. The fourth-order valence-electron chi connectivity index (χ4n) is 3.25. The molecule has 0 radical (unpaired) electrons. The third-order valence-corrected chi connectivity index (χ3v) is 5.91. The number of benzene rings is 2. The number of rotatable bonds is 4. The molecule has 0 fully saturated rings. The van der Waals surface area contributed by atoms with Gasteiger partial charge in [-0.2, -0.15) is 0 Å². The molecule has 4 rings (SSSR count). The summed E-state index contributed by atoms with van der Waals surface area (Å²) in [5.74, 6) is -0.608. The Kier molecular flexibility index (Phi) is 4.64. The number of anilines is 2. The summed E-state index contributed by atoms with van der Waals surface area (Å²) in [6, 6.07) is 13.1. The molecule has 0 aliphatic carbocycles. The van der Waals surface area contributed by atoms with E-state index >= 15 is 0 Å². The molecule has 1 aromatic heterocycles. The Morgan fingerprint density at radius 2 is 1.96 bits per heavy atom. The van der Waals surface area contributed by atoms with E-state index in [4.69, 9.17) is 4.42 Å². The zero-order valence-corrected chi connectivity index (χ0v) is 15.6. The molecule has 28 heavy (non-hydrogen) atoms. The number of halogens is 1. The van der Waals surface area contributed by atoms with Crippen LogP contribution in [0.4, 0.5) is 15.8 Å². The maximum Gasteiger partial charge on any atom is 0.293 e. The Labute approximate surface area is 161 Å². The fraction of sp³-hybridized carbons (Fsp3) is 0.150. The molecule has 1 N–H and O–H groups in total. The van der Waals surface area contributed by atoms with E-state index < -0.39 is 15.8 Å². The SMILES string of the molecule is O=C(c1ccco1)N1CCCc2cc(NS(=O)(=O)c3cccc(F)c3)ccc21. The van der Waals surface area contributed by atoms with Crippen LogP contribution in [-0.2, 0) is 16.4 Å². The van der Waals surface area contributed by atoms with E-state index in [1.807, 2.05) is 0 Å². The van der Waals surface area contributed by atoms with Crippen LogP contribution < -0.4 is 9.62 Å². The van der Waals surface area contributed by atoms with Crippen molar-refractivity contribution in [3.05, 3.63) is 78.0 Å². The fourth-order valence-corrected chi connectivity index (χ4v) is 4.33. The summed E-state index contributed by atoms with van der Waals surface area (Å²) in [6.07, 6.45) is 2.91. The standard InChI is InChI=1S/C20H17FN2O4S/c21-15-5-1-6-17(13-15)28(25,26)22-16-8-9-18-14(12-16)4-2-10-23(18)20(24)19-7-3-11-27-19/h1,3,5-9,11-13,22H,2,4,10H2. The van der Waals surface area contributed by atoms with E-state index in [2.05, 4.69) is 4.72 Å². The Morgan fingerprint density at radius 1 is 1.11 bits per heavy atom. The first-order valence-corrected chi connectivity index (χ1v) is 10.2. The third-order valence-electron chi connectivity index (χ3n) is 4.53. The van der Waals surface area contributed by atoms with E-state index in [0.29, 0.717) is 18.7 Å². The van der Waals surface area contributed by atoms with Gasteiger partial charge in [-0.05, 0) is 66.9 Å². The Morgan fingerprint density at radius 3 is 2.71 bits per heavy atom. The van der Waals surface area contributed by atoms with Gasteiger partial charge in [0.05, 0.1) is 11.2 Å². The first-order chi connectivity index (χ1) is 13.4. The molecule has 3 aromatic rings. The van der Waals surface area contributed by atoms with Gasteiger partial charge in [0.1, 0.15) is 5.82 Å². The average molecular weight is 400 g/mol. The first kappa shape index (κ1) is 18.2. The number of carbonyl (C=O) groups is 1. The van der Waals surface area contributed by atoms with Gasteiger partial charge in [0.15, 0.2) is 5.76 Å². The van der Waals surface area contributed by atoms with E-state index in [1.54, 1.807) is 35.2 Å². The smallest absolute Gasteiger partial charge is 0.293 e. The zero-order valence-electron chi connectivity index (χ0n) is 14.8. The van der Waals surface area contributed by atoms with Crippen LogP contribution in [0.25, 0.3) is 0 Å². The summed E-state index contributed by atoms with van der Waals surface area (Å²) >= 11 is 0. The molecule has 0 bridgehead atoms. The van der Waals surface area contributed by atoms with Crippen LogP contribution in [0, 0.1) is 5.82 Å². The molecule has 2 heterocycles. The van der Waals surface area contributed by atoms with Crippen molar-refractivity contribution in [2.24, 2.45) is 0 Å². The number of nitrogens with zero attached hydrogens (tertiary/aromatic N) is 1. The van der Waals surface area contributed by atoms with E-state index in [0.717, 1.165) is 23.7 Å². The predicted octanol–water partition coefficient (Wildman–Crippen LogP) is 3.81. The molecule has 1 amide bonds. The average Bonchev–Trinajstić information content (AvgIpc) is 3.21. The number of amides is 1. The Bertz CT molecular complexity index is 1130. The van der Waals surface area contributed by atoms with Gasteiger partial charge in [0.2, 0.25) is 0 Å². The number of sulfonamides is 1. The van der Waals surface area contributed by atoms with E-state index in [-0.39, 0.29) is 16.6 Å². The monoisotopic (exact) mass is 400 g/mol. The second-order valence-corrected chi connectivity index (χ2v) is 8.13. The van der Waals surface area contributed by atoms with Crippen LogP contribution in [0.1, 0.15) is 22.5 Å². The summed E-state index contributed by atoms with van der Waals surface area (Å²) in [4.78, 5) is 14.1. The lowest BCUT2D eigenvalue weighted by atomic mass is 10.0. The van der Waals surface area contributed by atoms with Crippen LogP contribution >= 0.6 is 0 Å². The highest BCUT2D eigenvalue weighted by molar-refractivity contribution is 7.92. The third kappa shape index (κ3) is 3.50. The number of carbonyl (C=O) groups excluding carboxylic acids is 1. The maximum absolute atomic E-state index is 13.4. The van der Waals surface area contributed by atoms with Crippen molar-refractivity contribution in [1.82, 2.24) is 0 Å². The molecule has 6 nitrogen and oxygen atoms in total. The van der Waals surface area contributed by atoms with Gasteiger partial charge in [-0.25, -0.2) is 12.8 Å². The van der Waals surface area contributed by atoms with Crippen molar-refractivity contribution >= 4 is 27.3 Å². The number of nitrogens with one attached hydrogen (secondary N) is 1. The van der Waals surface area contributed by atoms with Gasteiger partial charge < -0.3 is 9.32 Å². The zero-order chi connectivity index (χ0) is 19.7. The summed E-state index contributed by atoms with van der Waals surface area (Å²) in [5, 5.41) is 0. The second kappa shape index (κ2) is 7.12. The molecular weight excluding hydrogens is 383 g/mol. The van der Waals surface area contributed by atoms with E-state index in [1.165, 1.54) is 24.5 Å². The van der Waals surface area contributed by atoms with Crippen molar-refractivity contribution in [1.29, 1.82) is 0 Å². The lowest BCUT2D eigenvalue weighted by Gasteiger charge is -2.29. The Balaban J connectivity index is 1.61. The van der Waals surface area contributed by atoms with Crippen LogP contribution in [0.3, 0.4) is 0 Å². The van der Waals surface area contributed by atoms with Crippen molar-refractivity contribution in [3.63, 3.8) is 0 Å². The molecular formula is C20H17FN2O4S. The first-order valence-electron chi connectivity index (χ1n) is 8.71. The highest BCUT2D eigenvalue weighted by Gasteiger charge is 2.26. The minimum atomic E-state index is -3.91. The molecule has 1 aliphatic heterocycles. The number of hydrogen-bond donors (Lipinski definition) is 1. The molecule has 0 unspecified atom stereocenters. The van der Waals surface area contributed by atoms with Gasteiger partial charge in [-0.15, -0.1) is 0 Å². The molecule has 8 heteroatoms. The number of hydrogen-bond acceptors (Lipinski definition) is 4. The topological polar surface area (TPSA) is 79.6 Å². The Hall–Kier alpha value is -3.13. The second-order valence-electron chi connectivity index (χ2n) is 6.44. The van der Waals surface area contributed by atoms with Crippen LogP contribution in [-0.4, -0.2) is 20.9 Å². The molecule has 1 aliphatic rings. The molecule has 144 valence electrons. The quantitative estimate of drug-likeness (QED) is 0.722. The van der Waals surface area contributed by atoms with E-state index in [9.17, 15) is 17.6 Å². The minimum Gasteiger partial charge on any atom is -0.459 e. The number of aryl methyl sites for hydroxylation is 1. The van der Waals surface area contributed by atoms with Gasteiger partial charge in [0.25, 0.3) is 15.9 Å². The highest BCUT2D eigenvalue weighted by Crippen LogP contribution is 2.31. The number of fused-ring (bicyclic) bond motifs is 1. The van der Waals surface area contributed by atoms with Crippen molar-refractivity contribution in [2.45, 2.75) is 17.7 Å². The lowest BCUT2D eigenvalue weighted by Crippen LogP contribution is -2.35. The van der Waals surface area contributed by atoms with Gasteiger partial charge in [-0.1, -0.05) is 6.07 Å². The molecule has 0 saturated heterocycles. The van der Waals surface area contributed by atoms with Gasteiger partial charge in [-0.3, -0.25) is 9.52 Å². The number of furan rings is 1. The summed E-state index contributed by atoms with van der Waals surface area (Å²) in [5.41, 5.74) is 1.93.